The Labute approximate surface area is 215 Å². The van der Waals surface area contributed by atoms with Crippen LogP contribution in [-0.2, 0) is 0 Å². The van der Waals surface area contributed by atoms with Crippen LogP contribution < -0.4 is 5.56 Å². The Morgan fingerprint density at radius 2 is 1.78 bits per heavy atom. The van der Waals surface area contributed by atoms with Crippen LogP contribution >= 0.6 is 11.6 Å². The molecule has 1 aliphatic heterocycles. The lowest BCUT2D eigenvalue weighted by molar-refractivity contribution is 0.0676. The number of carbonyl (C=O) groups excluding carboxylic acids is 1. The number of nitrogens with one attached hydrogen (secondary N) is 1. The number of H-pyrrole nitrogens is 1. The summed E-state index contributed by atoms with van der Waals surface area (Å²) in [7, 11) is 0. The number of fused-ring (bicyclic) bond motifs is 1. The van der Waals surface area contributed by atoms with Gasteiger partial charge in [0, 0.05) is 33.5 Å². The van der Waals surface area contributed by atoms with E-state index < -0.39 is 17.8 Å². The monoisotopic (exact) mass is 511 g/mol. The van der Waals surface area contributed by atoms with Gasteiger partial charge in [-0.25, -0.2) is 9.40 Å². The Bertz CT molecular complexity index is 1730. The topological polar surface area (TPSA) is 78.7 Å². The molecule has 0 saturated carbocycles. The second kappa shape index (κ2) is 9.19. The molecule has 1 N–H and O–H groups in total. The van der Waals surface area contributed by atoms with Crippen molar-refractivity contribution in [3.8, 4) is 11.1 Å². The third-order valence-corrected chi connectivity index (χ3v) is 6.68. The molecule has 0 spiro atoms. The van der Waals surface area contributed by atoms with Gasteiger partial charge in [-0.05, 0) is 42.0 Å². The summed E-state index contributed by atoms with van der Waals surface area (Å²) in [4.78, 5) is 29.8. The van der Waals surface area contributed by atoms with Gasteiger partial charge >= 0.3 is 5.91 Å². The highest BCUT2D eigenvalue weighted by Crippen LogP contribution is 2.38. The van der Waals surface area contributed by atoms with Gasteiger partial charge in [0.05, 0.1) is 23.6 Å². The van der Waals surface area contributed by atoms with Gasteiger partial charge in [0.2, 0.25) is 0 Å². The van der Waals surface area contributed by atoms with Crippen LogP contribution in [0.4, 0.5) is 4.39 Å². The number of halogens is 2. The number of aromatic nitrogens is 1. The van der Waals surface area contributed by atoms with Gasteiger partial charge in [-0.1, -0.05) is 60.1 Å². The molecule has 0 saturated heterocycles. The minimum atomic E-state index is -0.771. The molecule has 6 nitrogen and oxygen atoms in total. The van der Waals surface area contributed by atoms with Crippen LogP contribution in [0.15, 0.2) is 106 Å². The fourth-order valence-corrected chi connectivity index (χ4v) is 4.97. The van der Waals surface area contributed by atoms with E-state index in [0.717, 1.165) is 10.9 Å². The van der Waals surface area contributed by atoms with Gasteiger partial charge in [-0.2, -0.15) is 5.10 Å². The smallest absolute Gasteiger partial charge is 0.310 e. The fourth-order valence-electron chi connectivity index (χ4n) is 4.79. The number of hydrogen-bond donors (Lipinski definition) is 1. The summed E-state index contributed by atoms with van der Waals surface area (Å²) < 4.78 is 20.2. The predicted octanol–water partition coefficient (Wildman–Crippen LogP) is 6.57. The van der Waals surface area contributed by atoms with Crippen molar-refractivity contribution in [2.75, 3.05) is 0 Å². The fraction of sp³-hybridized carbons (Fsp3) is 0.0690. The molecule has 5 aromatic rings. The standard InChI is InChI=1S/C29H19ClFN3O3/c30-18-12-13-22-20(15-18)26(17-7-2-1-3-8-17)27(28(35)32-22)23-16-24(19-9-4-5-10-21(19)31)34(33-23)29(36)25-11-6-14-37-25/h1-15,24H,16H2,(H,32,35)/t24-/m0/s1. The van der Waals surface area contributed by atoms with Gasteiger partial charge < -0.3 is 9.40 Å². The van der Waals surface area contributed by atoms with Crippen molar-refractivity contribution in [2.24, 2.45) is 5.10 Å². The largest absolute Gasteiger partial charge is 0.459 e. The number of aromatic amines is 1. The molecule has 2 aromatic heterocycles. The zero-order valence-electron chi connectivity index (χ0n) is 19.3. The number of benzene rings is 3. The zero-order valence-corrected chi connectivity index (χ0v) is 20.1. The number of hydrazone groups is 1. The van der Waals surface area contributed by atoms with Crippen molar-refractivity contribution in [3.63, 3.8) is 0 Å². The van der Waals surface area contributed by atoms with E-state index in [0.29, 0.717) is 32.9 Å². The molecule has 0 aliphatic carbocycles. The Kier molecular flexibility index (Phi) is 5.70. The minimum absolute atomic E-state index is 0.0637. The molecule has 1 aliphatic rings. The van der Waals surface area contributed by atoms with Crippen molar-refractivity contribution in [1.82, 2.24) is 9.99 Å². The maximum Gasteiger partial charge on any atom is 0.310 e. The Balaban J connectivity index is 1.59. The van der Waals surface area contributed by atoms with E-state index in [-0.39, 0.29) is 17.7 Å². The van der Waals surface area contributed by atoms with E-state index in [1.54, 1.807) is 42.5 Å². The minimum Gasteiger partial charge on any atom is -0.459 e. The van der Waals surface area contributed by atoms with Crippen molar-refractivity contribution < 1.29 is 13.6 Å². The quantitative estimate of drug-likeness (QED) is 0.296. The van der Waals surface area contributed by atoms with Crippen LogP contribution in [0.2, 0.25) is 5.02 Å². The number of carbonyl (C=O) groups is 1. The van der Waals surface area contributed by atoms with Crippen LogP contribution in [-0.4, -0.2) is 21.6 Å². The molecular weight excluding hydrogens is 493 g/mol. The molecule has 3 aromatic carbocycles. The zero-order chi connectivity index (χ0) is 25.5. The number of amides is 1. The van der Waals surface area contributed by atoms with Crippen LogP contribution in [0.5, 0.6) is 0 Å². The van der Waals surface area contributed by atoms with Gasteiger partial charge in [-0.15, -0.1) is 0 Å². The molecule has 1 atom stereocenters. The average molecular weight is 512 g/mol. The predicted molar refractivity (Wildman–Crippen MR) is 140 cm³/mol. The summed E-state index contributed by atoms with van der Waals surface area (Å²) in [6.07, 6.45) is 1.51. The second-order valence-electron chi connectivity index (χ2n) is 8.68. The van der Waals surface area contributed by atoms with Crippen LogP contribution in [0.25, 0.3) is 22.0 Å². The number of hydrogen-bond acceptors (Lipinski definition) is 4. The highest BCUT2D eigenvalue weighted by molar-refractivity contribution is 6.31. The molecule has 0 fully saturated rings. The number of furan rings is 1. The molecule has 8 heteroatoms. The second-order valence-corrected chi connectivity index (χ2v) is 9.11. The maximum absolute atomic E-state index is 14.9. The first-order valence-corrected chi connectivity index (χ1v) is 12.0. The van der Waals surface area contributed by atoms with Crippen molar-refractivity contribution >= 4 is 34.1 Å². The number of rotatable bonds is 4. The summed E-state index contributed by atoms with van der Waals surface area (Å²) >= 11 is 6.35. The molecule has 182 valence electrons. The third-order valence-electron chi connectivity index (χ3n) is 6.44. The first-order chi connectivity index (χ1) is 18.0. The van der Waals surface area contributed by atoms with Gasteiger partial charge in [0.25, 0.3) is 5.56 Å². The molecular formula is C29H19ClFN3O3. The molecule has 0 bridgehead atoms. The van der Waals surface area contributed by atoms with Gasteiger partial charge in [0.15, 0.2) is 5.76 Å². The van der Waals surface area contributed by atoms with E-state index in [2.05, 4.69) is 10.1 Å². The van der Waals surface area contributed by atoms with Crippen molar-refractivity contribution in [2.45, 2.75) is 12.5 Å². The molecule has 0 radical (unpaired) electrons. The summed E-state index contributed by atoms with van der Waals surface area (Å²) in [6, 6.07) is 23.3. The number of nitrogens with zero attached hydrogens (tertiary/aromatic N) is 2. The van der Waals surface area contributed by atoms with Crippen molar-refractivity contribution in [3.05, 3.63) is 129 Å². The summed E-state index contributed by atoms with van der Waals surface area (Å²) in [5.41, 5.74) is 2.63. The van der Waals surface area contributed by atoms with E-state index in [1.165, 1.54) is 23.4 Å². The van der Waals surface area contributed by atoms with Gasteiger partial charge in [-0.3, -0.25) is 9.59 Å². The summed E-state index contributed by atoms with van der Waals surface area (Å²) in [6.45, 7) is 0. The van der Waals surface area contributed by atoms with E-state index >= 15 is 0 Å². The highest BCUT2D eigenvalue weighted by atomic mass is 35.5. The molecule has 37 heavy (non-hydrogen) atoms. The molecule has 6 rings (SSSR count). The lowest BCUT2D eigenvalue weighted by Gasteiger charge is -2.21. The lowest BCUT2D eigenvalue weighted by atomic mass is 9.91. The molecule has 1 amide bonds. The molecule has 0 unspecified atom stereocenters. The van der Waals surface area contributed by atoms with E-state index in [4.69, 9.17) is 16.0 Å². The van der Waals surface area contributed by atoms with Crippen molar-refractivity contribution in [1.29, 1.82) is 0 Å². The first-order valence-electron chi connectivity index (χ1n) is 11.6. The molecule has 3 heterocycles. The van der Waals surface area contributed by atoms with Gasteiger partial charge in [0.1, 0.15) is 5.82 Å². The van der Waals surface area contributed by atoms with Crippen LogP contribution in [0, 0.1) is 5.82 Å². The third kappa shape index (κ3) is 4.03. The lowest BCUT2D eigenvalue weighted by Crippen LogP contribution is -2.27. The Morgan fingerprint density at radius 3 is 2.54 bits per heavy atom. The Hall–Kier alpha value is -4.49. The summed E-state index contributed by atoms with van der Waals surface area (Å²) in [5, 5.41) is 7.05. The SMILES string of the molecule is O=C(c1ccco1)N1N=C(c2c(-c3ccccc3)c3cc(Cl)ccc3[nH]c2=O)C[C@H]1c1ccccc1F. The highest BCUT2D eigenvalue weighted by Gasteiger charge is 2.37. The summed E-state index contributed by atoms with van der Waals surface area (Å²) in [5.74, 6) is -0.938. The maximum atomic E-state index is 14.9. The van der Waals surface area contributed by atoms with Crippen LogP contribution in [0.1, 0.15) is 34.1 Å². The Morgan fingerprint density at radius 1 is 1.00 bits per heavy atom. The normalized spacial score (nSPS) is 15.2. The van der Waals surface area contributed by atoms with E-state index in [1.807, 2.05) is 30.3 Å². The van der Waals surface area contributed by atoms with E-state index in [9.17, 15) is 14.0 Å². The first kappa shape index (κ1) is 22.9. The van der Waals surface area contributed by atoms with Crippen LogP contribution in [0.3, 0.4) is 0 Å². The average Bonchev–Trinajstić information content (AvgIpc) is 3.60. The number of pyridine rings is 1.